The van der Waals surface area contributed by atoms with Crippen LogP contribution in [0.25, 0.3) is 5.57 Å². The van der Waals surface area contributed by atoms with Crippen LogP contribution in [-0.4, -0.2) is 41.8 Å². The number of fused-ring (bicyclic) bond motifs is 1. The summed E-state index contributed by atoms with van der Waals surface area (Å²) in [6.45, 7) is 6.73. The van der Waals surface area contributed by atoms with Crippen LogP contribution in [0.5, 0.6) is 5.88 Å². The second-order valence-electron chi connectivity index (χ2n) is 7.45. The minimum absolute atomic E-state index is 0.279. The van der Waals surface area contributed by atoms with Gasteiger partial charge in [0, 0.05) is 12.1 Å². The van der Waals surface area contributed by atoms with E-state index in [1.807, 2.05) is 20.8 Å². The Morgan fingerprint density at radius 1 is 1.25 bits per heavy atom. The molecule has 1 aliphatic carbocycles. The predicted molar refractivity (Wildman–Crippen MR) is 93.2 cm³/mol. The molecule has 130 valence electrons. The van der Waals surface area contributed by atoms with Gasteiger partial charge in [0.15, 0.2) is 0 Å². The summed E-state index contributed by atoms with van der Waals surface area (Å²) in [6.07, 6.45) is 6.29. The SMILES string of the molecule is COc1nc(C2=CCN(C(=O)OC(C)(C)C)C2)cc2c1CCCC2. The fourth-order valence-electron chi connectivity index (χ4n) is 3.25. The lowest BCUT2D eigenvalue weighted by atomic mass is 9.91. The highest BCUT2D eigenvalue weighted by Crippen LogP contribution is 2.32. The maximum absolute atomic E-state index is 12.2. The zero-order valence-electron chi connectivity index (χ0n) is 15.0. The number of pyridine rings is 1. The zero-order valence-corrected chi connectivity index (χ0v) is 15.0. The molecule has 1 aromatic heterocycles. The fraction of sp³-hybridized carbons (Fsp3) is 0.579. The summed E-state index contributed by atoms with van der Waals surface area (Å²) < 4.78 is 11.0. The average molecular weight is 330 g/mol. The van der Waals surface area contributed by atoms with Crippen LogP contribution in [0.2, 0.25) is 0 Å². The van der Waals surface area contributed by atoms with E-state index in [4.69, 9.17) is 9.47 Å². The quantitative estimate of drug-likeness (QED) is 0.831. The first-order chi connectivity index (χ1) is 11.4. The number of carbonyl (C=O) groups is 1. The summed E-state index contributed by atoms with van der Waals surface area (Å²) in [5.74, 6) is 0.735. The van der Waals surface area contributed by atoms with E-state index in [9.17, 15) is 4.79 Å². The lowest BCUT2D eigenvalue weighted by Crippen LogP contribution is -2.35. The van der Waals surface area contributed by atoms with Crippen LogP contribution >= 0.6 is 0 Å². The third-order valence-electron chi connectivity index (χ3n) is 4.39. The summed E-state index contributed by atoms with van der Waals surface area (Å²) in [6, 6.07) is 2.17. The van der Waals surface area contributed by atoms with Gasteiger partial charge < -0.3 is 14.4 Å². The van der Waals surface area contributed by atoms with Crippen molar-refractivity contribution in [3.05, 3.63) is 29.0 Å². The summed E-state index contributed by atoms with van der Waals surface area (Å²) in [5.41, 5.74) is 4.08. The van der Waals surface area contributed by atoms with Gasteiger partial charge in [-0.05, 0) is 63.7 Å². The molecule has 2 heterocycles. The first-order valence-corrected chi connectivity index (χ1v) is 8.61. The van der Waals surface area contributed by atoms with E-state index in [1.165, 1.54) is 24.0 Å². The van der Waals surface area contributed by atoms with Crippen molar-refractivity contribution in [2.45, 2.75) is 52.1 Å². The van der Waals surface area contributed by atoms with E-state index in [1.54, 1.807) is 12.0 Å². The highest BCUT2D eigenvalue weighted by molar-refractivity contribution is 5.77. The van der Waals surface area contributed by atoms with Crippen LogP contribution in [0.3, 0.4) is 0 Å². The highest BCUT2D eigenvalue weighted by Gasteiger charge is 2.27. The lowest BCUT2D eigenvalue weighted by molar-refractivity contribution is 0.0306. The summed E-state index contributed by atoms with van der Waals surface area (Å²) in [7, 11) is 1.68. The maximum Gasteiger partial charge on any atom is 0.410 e. The molecule has 5 heteroatoms. The Labute approximate surface area is 143 Å². The summed E-state index contributed by atoms with van der Waals surface area (Å²) >= 11 is 0. The molecule has 1 aromatic rings. The Morgan fingerprint density at radius 2 is 2.00 bits per heavy atom. The van der Waals surface area contributed by atoms with Gasteiger partial charge in [-0.3, -0.25) is 0 Å². The largest absolute Gasteiger partial charge is 0.481 e. The van der Waals surface area contributed by atoms with Crippen LogP contribution in [-0.2, 0) is 17.6 Å². The lowest BCUT2D eigenvalue weighted by Gasteiger charge is -2.24. The first-order valence-electron chi connectivity index (χ1n) is 8.61. The Bertz CT molecular complexity index is 657. The number of nitrogens with zero attached hydrogens (tertiary/aromatic N) is 2. The van der Waals surface area contributed by atoms with E-state index in [0.717, 1.165) is 30.0 Å². The van der Waals surface area contributed by atoms with Gasteiger partial charge >= 0.3 is 6.09 Å². The van der Waals surface area contributed by atoms with Gasteiger partial charge in [-0.25, -0.2) is 9.78 Å². The third-order valence-corrected chi connectivity index (χ3v) is 4.39. The smallest absolute Gasteiger partial charge is 0.410 e. The molecular weight excluding hydrogens is 304 g/mol. The Balaban J connectivity index is 1.77. The molecule has 0 N–H and O–H groups in total. The monoisotopic (exact) mass is 330 g/mol. The topological polar surface area (TPSA) is 51.7 Å². The van der Waals surface area contributed by atoms with Crippen molar-refractivity contribution in [2.24, 2.45) is 0 Å². The van der Waals surface area contributed by atoms with Gasteiger partial charge in [0.05, 0.1) is 19.3 Å². The molecule has 0 atom stereocenters. The normalized spacial score (nSPS) is 17.3. The molecule has 24 heavy (non-hydrogen) atoms. The number of aromatic nitrogens is 1. The molecule has 0 saturated heterocycles. The number of methoxy groups -OCH3 is 1. The zero-order chi connectivity index (χ0) is 17.3. The standard InChI is InChI=1S/C19H26N2O3/c1-19(2,3)24-18(22)21-10-9-14(12-21)16-11-13-7-5-6-8-15(13)17(20-16)23-4/h9,11H,5-8,10,12H2,1-4H3. The molecule has 3 rings (SSSR count). The number of ether oxygens (including phenoxy) is 2. The molecule has 0 aromatic carbocycles. The summed E-state index contributed by atoms with van der Waals surface area (Å²) in [5, 5.41) is 0. The van der Waals surface area contributed by atoms with Crippen LogP contribution < -0.4 is 4.74 Å². The van der Waals surface area contributed by atoms with Gasteiger partial charge in [-0.15, -0.1) is 0 Å². The highest BCUT2D eigenvalue weighted by atomic mass is 16.6. The van der Waals surface area contributed by atoms with E-state index >= 15 is 0 Å². The molecule has 0 fully saturated rings. The van der Waals surface area contributed by atoms with Gasteiger partial charge in [0.25, 0.3) is 0 Å². The molecule has 0 radical (unpaired) electrons. The molecule has 2 aliphatic rings. The van der Waals surface area contributed by atoms with Crippen LogP contribution in [0.15, 0.2) is 12.1 Å². The van der Waals surface area contributed by atoms with Crippen LogP contribution in [0, 0.1) is 0 Å². The van der Waals surface area contributed by atoms with Crippen molar-refractivity contribution < 1.29 is 14.3 Å². The van der Waals surface area contributed by atoms with Crippen molar-refractivity contribution in [3.63, 3.8) is 0 Å². The molecule has 1 aliphatic heterocycles. The van der Waals surface area contributed by atoms with Crippen LogP contribution in [0.1, 0.15) is 50.4 Å². The molecule has 0 spiro atoms. The number of aryl methyl sites for hydroxylation is 1. The minimum Gasteiger partial charge on any atom is -0.481 e. The van der Waals surface area contributed by atoms with Crippen molar-refractivity contribution in [2.75, 3.05) is 20.2 Å². The molecular formula is C19H26N2O3. The Morgan fingerprint density at radius 3 is 2.71 bits per heavy atom. The number of carbonyl (C=O) groups excluding carboxylic acids is 1. The van der Waals surface area contributed by atoms with Gasteiger partial charge in [0.1, 0.15) is 5.60 Å². The van der Waals surface area contributed by atoms with Gasteiger partial charge in [0.2, 0.25) is 5.88 Å². The van der Waals surface area contributed by atoms with Crippen LogP contribution in [0.4, 0.5) is 4.79 Å². The molecule has 0 bridgehead atoms. The third kappa shape index (κ3) is 3.55. The number of rotatable bonds is 2. The average Bonchev–Trinajstić information content (AvgIpc) is 3.02. The van der Waals surface area contributed by atoms with E-state index < -0.39 is 5.60 Å². The van der Waals surface area contributed by atoms with Gasteiger partial charge in [-0.1, -0.05) is 6.08 Å². The molecule has 0 saturated carbocycles. The van der Waals surface area contributed by atoms with E-state index in [-0.39, 0.29) is 6.09 Å². The molecule has 0 unspecified atom stereocenters. The van der Waals surface area contributed by atoms with Crippen molar-refractivity contribution in [1.82, 2.24) is 9.88 Å². The molecule has 5 nitrogen and oxygen atoms in total. The number of amides is 1. The minimum atomic E-state index is -0.479. The number of hydrogen-bond donors (Lipinski definition) is 0. The van der Waals surface area contributed by atoms with Crippen molar-refractivity contribution in [3.8, 4) is 5.88 Å². The number of hydrogen-bond acceptors (Lipinski definition) is 4. The molecule has 1 amide bonds. The maximum atomic E-state index is 12.2. The van der Waals surface area contributed by atoms with Crippen molar-refractivity contribution >= 4 is 11.7 Å². The Kier molecular flexibility index (Phi) is 4.52. The second-order valence-corrected chi connectivity index (χ2v) is 7.45. The van der Waals surface area contributed by atoms with E-state index in [0.29, 0.717) is 13.1 Å². The van der Waals surface area contributed by atoms with Crippen molar-refractivity contribution in [1.29, 1.82) is 0 Å². The van der Waals surface area contributed by atoms with E-state index in [2.05, 4.69) is 17.1 Å². The predicted octanol–water partition coefficient (Wildman–Crippen LogP) is 3.60. The second kappa shape index (κ2) is 6.46. The summed E-state index contributed by atoms with van der Waals surface area (Å²) in [4.78, 5) is 18.6. The van der Waals surface area contributed by atoms with Gasteiger partial charge in [-0.2, -0.15) is 0 Å². The first kappa shape index (κ1) is 16.8. The Hall–Kier alpha value is -2.04. The fourth-order valence-corrected chi connectivity index (χ4v) is 3.25.